The minimum absolute atomic E-state index is 0.157. The maximum absolute atomic E-state index is 13.6. The van der Waals surface area contributed by atoms with Crippen LogP contribution in [-0.4, -0.2) is 24.1 Å². The monoisotopic (exact) mass is 398 g/mol. The number of hydrogen-bond donors (Lipinski definition) is 1. The van der Waals surface area contributed by atoms with E-state index < -0.39 is 0 Å². The van der Waals surface area contributed by atoms with E-state index in [0.717, 1.165) is 29.4 Å². The summed E-state index contributed by atoms with van der Waals surface area (Å²) in [5.41, 5.74) is 9.90. The molecule has 30 heavy (non-hydrogen) atoms. The Hall–Kier alpha value is -3.94. The van der Waals surface area contributed by atoms with Crippen molar-refractivity contribution in [2.75, 3.05) is 5.73 Å². The molecule has 0 unspecified atom stereocenters. The highest BCUT2D eigenvalue weighted by molar-refractivity contribution is 5.83. The molecule has 0 saturated heterocycles. The lowest BCUT2D eigenvalue weighted by atomic mass is 10.2. The Morgan fingerprint density at radius 2 is 1.83 bits per heavy atom. The van der Waals surface area contributed by atoms with Crippen molar-refractivity contribution in [1.82, 2.24) is 24.1 Å². The number of nitrogens with zero attached hydrogens (tertiary/aromatic N) is 5. The number of nitrogens with two attached hydrogens (primary N) is 1. The van der Waals surface area contributed by atoms with Crippen LogP contribution in [0, 0.1) is 0 Å². The summed E-state index contributed by atoms with van der Waals surface area (Å²) < 4.78 is 8.95. The molecule has 0 amide bonds. The van der Waals surface area contributed by atoms with E-state index in [2.05, 4.69) is 15.1 Å². The molecule has 0 bridgehead atoms. The van der Waals surface area contributed by atoms with Crippen LogP contribution < -0.4 is 11.3 Å². The molecule has 6 rings (SSSR count). The summed E-state index contributed by atoms with van der Waals surface area (Å²) in [6.45, 7) is 0.417. The van der Waals surface area contributed by atoms with Crippen LogP contribution in [0.4, 0.5) is 5.69 Å². The van der Waals surface area contributed by atoms with Crippen LogP contribution in [0.5, 0.6) is 0 Å². The van der Waals surface area contributed by atoms with Gasteiger partial charge in [-0.3, -0.25) is 9.20 Å². The van der Waals surface area contributed by atoms with E-state index in [1.807, 2.05) is 48.5 Å². The van der Waals surface area contributed by atoms with Crippen molar-refractivity contribution >= 4 is 22.2 Å². The van der Waals surface area contributed by atoms with Crippen LogP contribution in [0.15, 0.2) is 64.2 Å². The third kappa shape index (κ3) is 2.61. The van der Waals surface area contributed by atoms with Gasteiger partial charge in [0.2, 0.25) is 11.7 Å². The minimum atomic E-state index is -0.157. The average molecular weight is 398 g/mol. The summed E-state index contributed by atoms with van der Waals surface area (Å²) in [5.74, 6) is 1.31. The Labute approximate surface area is 170 Å². The molecule has 1 fully saturated rings. The van der Waals surface area contributed by atoms with Crippen LogP contribution >= 0.6 is 0 Å². The lowest BCUT2D eigenvalue weighted by Crippen LogP contribution is -2.23. The molecule has 0 aliphatic heterocycles. The number of aromatic nitrogens is 5. The first-order valence-corrected chi connectivity index (χ1v) is 9.86. The summed E-state index contributed by atoms with van der Waals surface area (Å²) in [4.78, 5) is 22.6. The van der Waals surface area contributed by atoms with Crippen molar-refractivity contribution in [1.29, 1.82) is 0 Å². The molecule has 8 heteroatoms. The smallest absolute Gasteiger partial charge is 0.278 e. The van der Waals surface area contributed by atoms with Gasteiger partial charge in [0.25, 0.3) is 5.56 Å². The molecule has 2 aromatic carbocycles. The number of benzene rings is 2. The molecule has 148 valence electrons. The Morgan fingerprint density at radius 1 is 1.07 bits per heavy atom. The quantitative estimate of drug-likeness (QED) is 0.466. The van der Waals surface area contributed by atoms with Gasteiger partial charge in [-0.15, -0.1) is 0 Å². The first kappa shape index (κ1) is 17.0. The zero-order chi connectivity index (χ0) is 20.2. The van der Waals surface area contributed by atoms with Gasteiger partial charge in [-0.05, 0) is 42.7 Å². The highest BCUT2D eigenvalue weighted by Gasteiger charge is 2.30. The molecule has 1 aliphatic carbocycles. The zero-order valence-corrected chi connectivity index (χ0v) is 16.0. The number of imidazole rings is 1. The van der Waals surface area contributed by atoms with Crippen molar-refractivity contribution in [3.8, 4) is 11.5 Å². The second kappa shape index (κ2) is 6.28. The largest absolute Gasteiger partial charge is 0.399 e. The van der Waals surface area contributed by atoms with Crippen molar-refractivity contribution in [2.24, 2.45) is 0 Å². The predicted molar refractivity (Wildman–Crippen MR) is 112 cm³/mol. The fourth-order valence-electron chi connectivity index (χ4n) is 3.82. The molecule has 2 N–H and O–H groups in total. The topological polar surface area (TPSA) is 104 Å². The van der Waals surface area contributed by atoms with Gasteiger partial charge in [0.15, 0.2) is 0 Å². The fraction of sp³-hybridized carbons (Fsp3) is 0.182. The van der Waals surface area contributed by atoms with E-state index in [1.54, 1.807) is 15.3 Å². The van der Waals surface area contributed by atoms with Crippen LogP contribution in [-0.2, 0) is 6.54 Å². The number of nitrogen functional groups attached to an aromatic ring is 1. The molecule has 5 aromatic rings. The molecule has 8 nitrogen and oxygen atoms in total. The average Bonchev–Trinajstić information content (AvgIpc) is 3.33. The maximum Gasteiger partial charge on any atom is 0.278 e. The van der Waals surface area contributed by atoms with Gasteiger partial charge < -0.3 is 14.8 Å². The van der Waals surface area contributed by atoms with Crippen LogP contribution in [0.1, 0.15) is 30.2 Å². The zero-order valence-electron chi connectivity index (χ0n) is 16.0. The van der Waals surface area contributed by atoms with Gasteiger partial charge >= 0.3 is 0 Å². The van der Waals surface area contributed by atoms with Crippen LogP contribution in [0.2, 0.25) is 0 Å². The van der Waals surface area contributed by atoms with Gasteiger partial charge in [-0.2, -0.15) is 4.98 Å². The number of anilines is 1. The number of para-hydroxylation sites is 2. The third-order valence-corrected chi connectivity index (χ3v) is 5.55. The summed E-state index contributed by atoms with van der Waals surface area (Å²) in [6, 6.07) is 15.3. The Balaban J connectivity index is 1.59. The number of hydrogen-bond acceptors (Lipinski definition) is 6. The second-order valence-electron chi connectivity index (χ2n) is 7.66. The van der Waals surface area contributed by atoms with E-state index >= 15 is 0 Å². The summed E-state index contributed by atoms with van der Waals surface area (Å²) in [6.07, 6.45) is 3.77. The molecule has 0 radical (unpaired) electrons. The normalized spacial score (nSPS) is 14.0. The van der Waals surface area contributed by atoms with E-state index in [1.165, 1.54) is 0 Å². The number of rotatable bonds is 4. The molecule has 1 saturated carbocycles. The van der Waals surface area contributed by atoms with Crippen molar-refractivity contribution < 1.29 is 4.52 Å². The summed E-state index contributed by atoms with van der Waals surface area (Å²) in [5, 5.41) is 4.09. The Kier molecular flexibility index (Phi) is 3.55. The molecular formula is C22H18N6O2. The van der Waals surface area contributed by atoms with Crippen LogP contribution in [0.3, 0.4) is 0 Å². The molecule has 0 spiro atoms. The van der Waals surface area contributed by atoms with Crippen molar-refractivity contribution in [2.45, 2.75) is 25.3 Å². The SMILES string of the molecule is Nc1ccc(Cn2c(=O)c3c(-c4noc(C5CC5)n4)ncn3c3ccccc32)cc1. The van der Waals surface area contributed by atoms with Crippen molar-refractivity contribution in [3.05, 3.63) is 76.7 Å². The molecule has 3 heterocycles. The molecule has 3 aromatic heterocycles. The highest BCUT2D eigenvalue weighted by atomic mass is 16.5. The second-order valence-corrected chi connectivity index (χ2v) is 7.66. The fourth-order valence-corrected chi connectivity index (χ4v) is 3.82. The number of fused-ring (bicyclic) bond motifs is 3. The standard InChI is InChI=1S/C22H18N6O2/c23-15-9-5-13(6-10-15)11-27-16-3-1-2-4-17(16)28-12-24-18(19(28)22(27)29)20-25-21(30-26-20)14-7-8-14/h1-6,9-10,12,14H,7-8,11,23H2. The van der Waals surface area contributed by atoms with E-state index in [0.29, 0.717) is 41.1 Å². The highest BCUT2D eigenvalue weighted by Crippen LogP contribution is 2.39. The van der Waals surface area contributed by atoms with E-state index in [9.17, 15) is 4.79 Å². The molecular weight excluding hydrogens is 380 g/mol. The summed E-state index contributed by atoms with van der Waals surface area (Å²) in [7, 11) is 0. The first-order chi connectivity index (χ1) is 14.7. The molecule has 0 atom stereocenters. The van der Waals surface area contributed by atoms with Crippen LogP contribution in [0.25, 0.3) is 28.1 Å². The Morgan fingerprint density at radius 3 is 2.60 bits per heavy atom. The minimum Gasteiger partial charge on any atom is -0.399 e. The van der Waals surface area contributed by atoms with Crippen molar-refractivity contribution in [3.63, 3.8) is 0 Å². The molecule has 1 aliphatic rings. The van der Waals surface area contributed by atoms with Gasteiger partial charge in [0, 0.05) is 11.6 Å². The van der Waals surface area contributed by atoms with Gasteiger partial charge in [0.05, 0.1) is 17.6 Å². The Bertz CT molecular complexity index is 1460. The van der Waals surface area contributed by atoms with Gasteiger partial charge in [-0.1, -0.05) is 29.4 Å². The third-order valence-electron chi connectivity index (χ3n) is 5.55. The first-order valence-electron chi connectivity index (χ1n) is 9.86. The summed E-state index contributed by atoms with van der Waals surface area (Å²) >= 11 is 0. The lowest BCUT2D eigenvalue weighted by molar-refractivity contribution is 0.380. The van der Waals surface area contributed by atoms with E-state index in [-0.39, 0.29) is 5.56 Å². The van der Waals surface area contributed by atoms with Gasteiger partial charge in [-0.25, -0.2) is 4.98 Å². The van der Waals surface area contributed by atoms with Gasteiger partial charge in [0.1, 0.15) is 17.5 Å². The van der Waals surface area contributed by atoms with E-state index in [4.69, 9.17) is 10.3 Å². The lowest BCUT2D eigenvalue weighted by Gasteiger charge is -2.12. The predicted octanol–water partition coefficient (Wildman–Crippen LogP) is 3.21. The maximum atomic E-state index is 13.6.